The van der Waals surface area contributed by atoms with Gasteiger partial charge in [0, 0.05) is 6.04 Å². The second-order valence-electron chi connectivity index (χ2n) is 6.36. The molecule has 1 N–H and O–H groups in total. The summed E-state index contributed by atoms with van der Waals surface area (Å²) >= 11 is 4.26. The Balaban J connectivity index is 0.000000541. The first-order valence-electron chi connectivity index (χ1n) is 7.95. The van der Waals surface area contributed by atoms with Crippen molar-refractivity contribution in [1.82, 2.24) is 4.72 Å². The lowest BCUT2D eigenvalue weighted by Crippen LogP contribution is -2.25. The van der Waals surface area contributed by atoms with Crippen LogP contribution in [-0.4, -0.2) is 0 Å². The molecule has 1 aliphatic rings. The monoisotopic (exact) mass is 315 g/mol. The number of nitrogens with one attached hydrogen (secondary N) is 1. The van der Waals surface area contributed by atoms with Crippen LogP contribution in [0.25, 0.3) is 0 Å². The maximum Gasteiger partial charge on any atom is 0.0427 e. The van der Waals surface area contributed by atoms with Crippen LogP contribution in [0.2, 0.25) is 0 Å². The second-order valence-corrected chi connectivity index (χ2v) is 6.61. The minimum Gasteiger partial charge on any atom is -0.259 e. The molecule has 2 atom stereocenters. The van der Waals surface area contributed by atoms with Crippen molar-refractivity contribution in [2.45, 2.75) is 39.7 Å². The molecule has 0 spiro atoms. The maximum absolute atomic E-state index is 4.26. The molecule has 0 saturated heterocycles. The second kappa shape index (κ2) is 9.70. The lowest BCUT2D eigenvalue weighted by atomic mass is 9.77. The largest absolute Gasteiger partial charge is 0.259 e. The zero-order chi connectivity index (χ0) is 16.5. The van der Waals surface area contributed by atoms with Crippen molar-refractivity contribution >= 4 is 12.8 Å². The average molecular weight is 316 g/mol. The Kier molecular flexibility index (Phi) is 8.29. The van der Waals surface area contributed by atoms with Crippen LogP contribution in [0.15, 0.2) is 61.2 Å². The summed E-state index contributed by atoms with van der Waals surface area (Å²) in [7, 11) is 0. The van der Waals surface area contributed by atoms with Crippen LogP contribution >= 0.6 is 12.8 Å². The fourth-order valence-corrected chi connectivity index (χ4v) is 2.95. The summed E-state index contributed by atoms with van der Waals surface area (Å²) in [5.41, 5.74) is 4.02. The van der Waals surface area contributed by atoms with Crippen molar-refractivity contribution in [3.63, 3.8) is 0 Å². The summed E-state index contributed by atoms with van der Waals surface area (Å²) in [4.78, 5) is 0. The van der Waals surface area contributed by atoms with Gasteiger partial charge in [0.1, 0.15) is 0 Å². The van der Waals surface area contributed by atoms with Gasteiger partial charge in [0.2, 0.25) is 0 Å². The van der Waals surface area contributed by atoms with Crippen LogP contribution < -0.4 is 4.72 Å². The van der Waals surface area contributed by atoms with Gasteiger partial charge in [0.15, 0.2) is 0 Å². The highest BCUT2D eigenvalue weighted by atomic mass is 32.1. The Bertz CT molecular complexity index is 513. The molecule has 0 aromatic heterocycles. The van der Waals surface area contributed by atoms with Crippen LogP contribution in [0.3, 0.4) is 0 Å². The van der Waals surface area contributed by atoms with Gasteiger partial charge in [0.25, 0.3) is 0 Å². The minimum atomic E-state index is 0.302. The fourth-order valence-electron chi connectivity index (χ4n) is 2.70. The van der Waals surface area contributed by atoms with Gasteiger partial charge < -0.3 is 0 Å². The quantitative estimate of drug-likeness (QED) is 0.537. The molecule has 120 valence electrons. The van der Waals surface area contributed by atoms with Gasteiger partial charge in [-0.15, -0.1) is 0 Å². The van der Waals surface area contributed by atoms with Crippen LogP contribution in [0.1, 0.15) is 44.4 Å². The Morgan fingerprint density at radius 1 is 1.27 bits per heavy atom. The van der Waals surface area contributed by atoms with E-state index >= 15 is 0 Å². The van der Waals surface area contributed by atoms with Crippen molar-refractivity contribution in [2.75, 3.05) is 0 Å². The smallest absolute Gasteiger partial charge is 0.0427 e. The van der Waals surface area contributed by atoms with E-state index in [4.69, 9.17) is 0 Å². The predicted octanol–water partition coefficient (Wildman–Crippen LogP) is 5.69. The number of hydrogen-bond donors (Lipinski definition) is 2. The molecular formula is C20H29NS. The molecule has 22 heavy (non-hydrogen) atoms. The molecule has 2 rings (SSSR count). The van der Waals surface area contributed by atoms with Crippen LogP contribution in [-0.2, 0) is 6.42 Å². The molecule has 0 radical (unpaired) electrons. The third kappa shape index (κ3) is 5.51. The molecule has 2 heteroatoms. The number of hydrogen-bond acceptors (Lipinski definition) is 2. The SMILES string of the molecule is C=C/C=C(\C=C)[C@@H]1Cc2ccccc2C(NS)C1.CC(C)C. The molecule has 0 bridgehead atoms. The van der Waals surface area contributed by atoms with E-state index in [0.29, 0.717) is 12.0 Å². The molecule has 0 amide bonds. The fraction of sp³-hybridized carbons (Fsp3) is 0.400. The third-order valence-corrected chi connectivity index (χ3v) is 3.90. The van der Waals surface area contributed by atoms with Gasteiger partial charge in [-0.2, -0.15) is 0 Å². The molecule has 1 aromatic rings. The first-order valence-corrected chi connectivity index (χ1v) is 8.40. The van der Waals surface area contributed by atoms with Gasteiger partial charge >= 0.3 is 0 Å². The molecular weight excluding hydrogens is 286 g/mol. The molecule has 0 heterocycles. The standard InChI is InChI=1S/C16H19NS.C4H10/c1-3-7-12(4-2)14-10-13-8-5-6-9-15(13)16(11-14)17-18;1-4(2)3/h3-9,14,16-18H,1-2,10-11H2;4H,1-3H3/b12-7+;/t14-,16?;/m1./s1. The van der Waals surface area contributed by atoms with E-state index in [0.717, 1.165) is 18.8 Å². The minimum absolute atomic E-state index is 0.302. The topological polar surface area (TPSA) is 12.0 Å². The average Bonchev–Trinajstić information content (AvgIpc) is 2.51. The Morgan fingerprint density at radius 2 is 1.91 bits per heavy atom. The highest BCUT2D eigenvalue weighted by Crippen LogP contribution is 2.37. The normalized spacial score (nSPS) is 20.7. The van der Waals surface area contributed by atoms with E-state index in [-0.39, 0.29) is 0 Å². The zero-order valence-electron chi connectivity index (χ0n) is 14.0. The lowest BCUT2D eigenvalue weighted by molar-refractivity contribution is 0.449. The highest BCUT2D eigenvalue weighted by Gasteiger charge is 2.26. The van der Waals surface area contributed by atoms with Gasteiger partial charge in [-0.05, 0) is 41.4 Å². The molecule has 1 unspecified atom stereocenters. The number of rotatable bonds is 4. The van der Waals surface area contributed by atoms with E-state index in [2.05, 4.69) is 81.8 Å². The summed E-state index contributed by atoms with van der Waals surface area (Å²) in [6.45, 7) is 14.2. The first kappa shape index (κ1) is 18.8. The van der Waals surface area contributed by atoms with E-state index in [9.17, 15) is 0 Å². The van der Waals surface area contributed by atoms with E-state index in [1.54, 1.807) is 0 Å². The van der Waals surface area contributed by atoms with Crippen molar-refractivity contribution in [1.29, 1.82) is 0 Å². The third-order valence-electron chi connectivity index (χ3n) is 3.59. The van der Waals surface area contributed by atoms with Gasteiger partial charge in [0.05, 0.1) is 0 Å². The highest BCUT2D eigenvalue weighted by molar-refractivity contribution is 7.78. The lowest BCUT2D eigenvalue weighted by Gasteiger charge is -2.31. The van der Waals surface area contributed by atoms with Crippen molar-refractivity contribution in [3.8, 4) is 0 Å². The molecule has 1 aromatic carbocycles. The number of thiol groups is 1. The Morgan fingerprint density at radius 3 is 2.45 bits per heavy atom. The summed E-state index contributed by atoms with van der Waals surface area (Å²) < 4.78 is 3.12. The van der Waals surface area contributed by atoms with Gasteiger partial charge in [-0.3, -0.25) is 4.72 Å². The van der Waals surface area contributed by atoms with Crippen molar-refractivity contribution in [3.05, 3.63) is 72.4 Å². The zero-order valence-corrected chi connectivity index (χ0v) is 14.9. The van der Waals surface area contributed by atoms with Crippen molar-refractivity contribution < 1.29 is 0 Å². The molecule has 1 aliphatic carbocycles. The molecule has 0 aliphatic heterocycles. The number of fused-ring (bicyclic) bond motifs is 1. The van der Waals surface area contributed by atoms with E-state index in [1.165, 1.54) is 16.7 Å². The van der Waals surface area contributed by atoms with Gasteiger partial charge in [-0.1, -0.05) is 89.2 Å². The molecule has 0 saturated carbocycles. The van der Waals surface area contributed by atoms with E-state index < -0.39 is 0 Å². The predicted molar refractivity (Wildman–Crippen MR) is 102 cm³/mol. The maximum atomic E-state index is 4.26. The van der Waals surface area contributed by atoms with E-state index in [1.807, 2.05) is 12.2 Å². The molecule has 0 fully saturated rings. The summed E-state index contributed by atoms with van der Waals surface area (Å²) in [5, 5.41) is 0. The first-order chi connectivity index (χ1) is 10.5. The molecule has 1 nitrogen and oxygen atoms in total. The number of allylic oxidation sites excluding steroid dienone is 4. The Labute approximate surface area is 141 Å². The Hall–Kier alpha value is -1.25. The summed E-state index contributed by atoms with van der Waals surface area (Å²) in [6, 6.07) is 8.88. The summed E-state index contributed by atoms with van der Waals surface area (Å²) in [6.07, 6.45) is 7.94. The van der Waals surface area contributed by atoms with Crippen LogP contribution in [0.4, 0.5) is 0 Å². The van der Waals surface area contributed by atoms with Crippen LogP contribution in [0, 0.1) is 11.8 Å². The van der Waals surface area contributed by atoms with Gasteiger partial charge in [-0.25, -0.2) is 0 Å². The van der Waals surface area contributed by atoms with Crippen molar-refractivity contribution in [2.24, 2.45) is 11.8 Å². The van der Waals surface area contributed by atoms with Crippen LogP contribution in [0.5, 0.6) is 0 Å². The summed E-state index contributed by atoms with van der Waals surface area (Å²) in [5.74, 6) is 1.32. The number of benzene rings is 1.